The number of H-pyrrole nitrogens is 1. The molecule has 1 heterocycles. The summed E-state index contributed by atoms with van der Waals surface area (Å²) in [5.74, 6) is -0.415. The number of nitrogens with two attached hydrogens (primary N) is 1. The molecule has 0 aliphatic carbocycles. The van der Waals surface area contributed by atoms with Crippen molar-refractivity contribution in [3.05, 3.63) is 61.8 Å². The maximum Gasteiger partial charge on any atom is 0.329 e. The molecule has 0 aliphatic rings. The molecule has 0 unspecified atom stereocenters. The molecule has 31 heavy (non-hydrogen) atoms. The lowest BCUT2D eigenvalue weighted by atomic mass is 10.1. The Bertz CT molecular complexity index is 1300. The summed E-state index contributed by atoms with van der Waals surface area (Å²) in [6.45, 7) is -0.527. The summed E-state index contributed by atoms with van der Waals surface area (Å²) in [6.07, 6.45) is -0.0465. The van der Waals surface area contributed by atoms with E-state index in [1.807, 2.05) is 0 Å². The number of ether oxygens (including phenoxy) is 2. The lowest BCUT2D eigenvalue weighted by Gasteiger charge is -2.13. The van der Waals surface area contributed by atoms with Gasteiger partial charge in [-0.05, 0) is 23.8 Å². The van der Waals surface area contributed by atoms with Gasteiger partial charge in [0.05, 0.1) is 42.3 Å². The molecule has 3 aromatic rings. The van der Waals surface area contributed by atoms with Crippen LogP contribution in [0.15, 0.2) is 39.9 Å². The highest BCUT2D eigenvalue weighted by Gasteiger charge is 2.14. The van der Waals surface area contributed by atoms with Crippen LogP contribution in [0.5, 0.6) is 11.5 Å². The van der Waals surface area contributed by atoms with E-state index in [4.69, 9.17) is 26.8 Å². The molecule has 11 heteroatoms. The van der Waals surface area contributed by atoms with Crippen LogP contribution < -0.4 is 31.8 Å². The van der Waals surface area contributed by atoms with Gasteiger partial charge in [0.25, 0.3) is 5.56 Å². The SMILES string of the molecule is COc1cc(OC)c(NC(=O)Cc2ccc3c(=O)n(CC(N)=O)c(=O)[nH]c3c2)cc1Cl. The number of primary amides is 1. The van der Waals surface area contributed by atoms with E-state index in [0.717, 1.165) is 4.57 Å². The summed E-state index contributed by atoms with van der Waals surface area (Å²) in [5, 5.41) is 3.20. The maximum absolute atomic E-state index is 12.5. The molecule has 4 N–H and O–H groups in total. The van der Waals surface area contributed by atoms with Gasteiger partial charge in [0.1, 0.15) is 18.0 Å². The van der Waals surface area contributed by atoms with Crippen LogP contribution >= 0.6 is 11.6 Å². The Hall–Kier alpha value is -3.79. The molecule has 0 bridgehead atoms. The number of nitrogens with one attached hydrogen (secondary N) is 2. The van der Waals surface area contributed by atoms with Gasteiger partial charge in [-0.2, -0.15) is 0 Å². The second-order valence-electron chi connectivity index (χ2n) is 6.58. The number of amides is 2. The minimum Gasteiger partial charge on any atom is -0.495 e. The number of carbonyl (C=O) groups excluding carboxylic acids is 2. The number of benzene rings is 2. The zero-order valence-electron chi connectivity index (χ0n) is 16.7. The summed E-state index contributed by atoms with van der Waals surface area (Å²) >= 11 is 6.12. The van der Waals surface area contributed by atoms with Crippen molar-refractivity contribution in [1.29, 1.82) is 0 Å². The van der Waals surface area contributed by atoms with Crippen LogP contribution in [0.1, 0.15) is 5.56 Å². The second-order valence-corrected chi connectivity index (χ2v) is 6.99. The molecular formula is C20H19ClN4O6. The molecule has 0 radical (unpaired) electrons. The summed E-state index contributed by atoms with van der Waals surface area (Å²) < 4.78 is 11.1. The summed E-state index contributed by atoms with van der Waals surface area (Å²) in [6, 6.07) is 7.63. The van der Waals surface area contributed by atoms with E-state index in [9.17, 15) is 19.2 Å². The normalized spacial score (nSPS) is 10.7. The molecule has 2 aromatic carbocycles. The molecule has 3 rings (SSSR count). The summed E-state index contributed by atoms with van der Waals surface area (Å²) in [5.41, 5.74) is 4.81. The Morgan fingerprint density at radius 3 is 2.48 bits per heavy atom. The number of aromatic amines is 1. The van der Waals surface area contributed by atoms with E-state index in [-0.39, 0.29) is 23.2 Å². The number of anilines is 1. The molecule has 162 valence electrons. The van der Waals surface area contributed by atoms with Crippen LogP contribution in [-0.4, -0.2) is 35.6 Å². The number of carbonyl (C=O) groups is 2. The van der Waals surface area contributed by atoms with Crippen LogP contribution in [0.2, 0.25) is 5.02 Å². The first-order chi connectivity index (χ1) is 14.7. The van der Waals surface area contributed by atoms with E-state index >= 15 is 0 Å². The van der Waals surface area contributed by atoms with Crippen LogP contribution in [0.25, 0.3) is 10.9 Å². The van der Waals surface area contributed by atoms with Crippen LogP contribution in [0.4, 0.5) is 5.69 Å². The Morgan fingerprint density at radius 1 is 1.13 bits per heavy atom. The van der Waals surface area contributed by atoms with E-state index in [1.165, 1.54) is 32.4 Å². The third-order valence-corrected chi connectivity index (χ3v) is 4.77. The van der Waals surface area contributed by atoms with Crippen LogP contribution in [0.3, 0.4) is 0 Å². The maximum atomic E-state index is 12.5. The third-order valence-electron chi connectivity index (χ3n) is 4.47. The number of fused-ring (bicyclic) bond motifs is 1. The Labute approximate surface area is 180 Å². The number of halogens is 1. The van der Waals surface area contributed by atoms with Crippen molar-refractivity contribution in [2.24, 2.45) is 5.73 Å². The highest BCUT2D eigenvalue weighted by molar-refractivity contribution is 6.32. The van der Waals surface area contributed by atoms with Crippen molar-refractivity contribution >= 4 is 40.0 Å². The Kier molecular flexibility index (Phi) is 6.30. The quantitative estimate of drug-likeness (QED) is 0.494. The minimum atomic E-state index is -0.811. The highest BCUT2D eigenvalue weighted by Crippen LogP contribution is 2.35. The van der Waals surface area contributed by atoms with Gasteiger partial charge in [-0.25, -0.2) is 4.79 Å². The van der Waals surface area contributed by atoms with Crippen molar-refractivity contribution in [1.82, 2.24) is 9.55 Å². The first-order valence-electron chi connectivity index (χ1n) is 8.99. The standard InChI is InChI=1S/C20H19ClN4O6/c1-30-15-8-16(31-2)14(7-12(15)21)23-18(27)6-10-3-4-11-13(5-10)24-20(29)25(19(11)28)9-17(22)26/h3-5,7-8H,6,9H2,1-2H3,(H2,22,26)(H,23,27)(H,24,29). The molecule has 0 atom stereocenters. The lowest BCUT2D eigenvalue weighted by molar-refractivity contribution is -0.118. The largest absolute Gasteiger partial charge is 0.495 e. The molecule has 0 saturated heterocycles. The average molecular weight is 447 g/mol. The zero-order chi connectivity index (χ0) is 22.7. The van der Waals surface area contributed by atoms with Gasteiger partial charge >= 0.3 is 5.69 Å². The van der Waals surface area contributed by atoms with Crippen LogP contribution in [0, 0.1) is 0 Å². The van der Waals surface area contributed by atoms with Gasteiger partial charge in [-0.15, -0.1) is 0 Å². The number of hydrogen-bond acceptors (Lipinski definition) is 6. The zero-order valence-corrected chi connectivity index (χ0v) is 17.4. The minimum absolute atomic E-state index is 0.0465. The predicted octanol–water partition coefficient (Wildman–Crippen LogP) is 1.03. The smallest absolute Gasteiger partial charge is 0.329 e. The van der Waals surface area contributed by atoms with Crippen molar-refractivity contribution in [2.45, 2.75) is 13.0 Å². The van der Waals surface area contributed by atoms with Crippen molar-refractivity contribution in [3.63, 3.8) is 0 Å². The number of nitrogens with zero attached hydrogens (tertiary/aromatic N) is 1. The lowest BCUT2D eigenvalue weighted by Crippen LogP contribution is -2.39. The molecule has 0 aliphatic heterocycles. The van der Waals surface area contributed by atoms with E-state index in [0.29, 0.717) is 27.8 Å². The Morgan fingerprint density at radius 2 is 1.84 bits per heavy atom. The number of methoxy groups -OCH3 is 2. The van der Waals surface area contributed by atoms with E-state index < -0.39 is 23.7 Å². The predicted molar refractivity (Wildman–Crippen MR) is 115 cm³/mol. The fourth-order valence-electron chi connectivity index (χ4n) is 3.05. The van der Waals surface area contributed by atoms with Crippen molar-refractivity contribution in [2.75, 3.05) is 19.5 Å². The van der Waals surface area contributed by atoms with Gasteiger partial charge in [0, 0.05) is 6.07 Å². The van der Waals surface area contributed by atoms with Gasteiger partial charge in [-0.3, -0.25) is 19.0 Å². The number of rotatable bonds is 7. The molecule has 1 aromatic heterocycles. The summed E-state index contributed by atoms with van der Waals surface area (Å²) in [4.78, 5) is 50.7. The van der Waals surface area contributed by atoms with Gasteiger partial charge in [-0.1, -0.05) is 17.7 Å². The molecule has 0 spiro atoms. The number of aromatic nitrogens is 2. The molecule has 2 amide bonds. The van der Waals surface area contributed by atoms with Crippen LogP contribution in [-0.2, 0) is 22.6 Å². The molecular weight excluding hydrogens is 428 g/mol. The molecule has 0 saturated carbocycles. The van der Waals surface area contributed by atoms with Gasteiger partial charge in [0.2, 0.25) is 11.8 Å². The van der Waals surface area contributed by atoms with Gasteiger partial charge < -0.3 is 25.5 Å². The average Bonchev–Trinajstić information content (AvgIpc) is 2.71. The van der Waals surface area contributed by atoms with Crippen molar-refractivity contribution < 1.29 is 19.1 Å². The first-order valence-corrected chi connectivity index (χ1v) is 9.36. The van der Waals surface area contributed by atoms with Crippen molar-refractivity contribution in [3.8, 4) is 11.5 Å². The van der Waals surface area contributed by atoms with E-state index in [1.54, 1.807) is 12.1 Å². The fourth-order valence-corrected chi connectivity index (χ4v) is 3.29. The molecule has 0 fully saturated rings. The summed E-state index contributed by atoms with van der Waals surface area (Å²) in [7, 11) is 2.91. The molecule has 10 nitrogen and oxygen atoms in total. The fraction of sp³-hybridized carbons (Fsp3) is 0.200. The number of hydrogen-bond donors (Lipinski definition) is 3. The van der Waals surface area contributed by atoms with Gasteiger partial charge in [0.15, 0.2) is 0 Å². The first kappa shape index (κ1) is 21.9. The monoisotopic (exact) mass is 446 g/mol. The highest BCUT2D eigenvalue weighted by atomic mass is 35.5. The Balaban J connectivity index is 1.86. The van der Waals surface area contributed by atoms with E-state index in [2.05, 4.69) is 10.3 Å². The topological polar surface area (TPSA) is 146 Å². The second kappa shape index (κ2) is 8.92. The third kappa shape index (κ3) is 4.69.